The SMILES string of the molecule is CC1(N)c2ccc(F)cc2OCC1CO. The maximum absolute atomic E-state index is 13.0. The number of hydrogen-bond acceptors (Lipinski definition) is 3. The largest absolute Gasteiger partial charge is 0.493 e. The summed E-state index contributed by atoms with van der Waals surface area (Å²) in [5.41, 5.74) is 6.21. The third kappa shape index (κ3) is 1.60. The molecule has 0 saturated carbocycles. The molecule has 1 heterocycles. The number of aliphatic hydroxyl groups excluding tert-OH is 1. The van der Waals surface area contributed by atoms with Gasteiger partial charge in [0, 0.05) is 17.5 Å². The molecular weight excluding hydrogens is 197 g/mol. The molecule has 3 N–H and O–H groups in total. The molecule has 2 unspecified atom stereocenters. The van der Waals surface area contributed by atoms with Crippen molar-refractivity contribution in [2.24, 2.45) is 11.7 Å². The van der Waals surface area contributed by atoms with E-state index >= 15 is 0 Å². The number of hydrogen-bond donors (Lipinski definition) is 2. The second kappa shape index (κ2) is 3.47. The van der Waals surface area contributed by atoms with Crippen molar-refractivity contribution in [2.75, 3.05) is 13.2 Å². The Morgan fingerprint density at radius 3 is 3.07 bits per heavy atom. The molecule has 2 atom stereocenters. The fraction of sp³-hybridized carbons (Fsp3) is 0.455. The topological polar surface area (TPSA) is 55.5 Å². The molecule has 0 amide bonds. The van der Waals surface area contributed by atoms with Gasteiger partial charge in [0.1, 0.15) is 11.6 Å². The third-order valence-electron chi connectivity index (χ3n) is 3.03. The van der Waals surface area contributed by atoms with E-state index in [1.807, 2.05) is 6.92 Å². The number of halogens is 1. The van der Waals surface area contributed by atoms with E-state index < -0.39 is 5.54 Å². The lowest BCUT2D eigenvalue weighted by Crippen LogP contribution is -2.48. The Morgan fingerprint density at radius 1 is 1.67 bits per heavy atom. The van der Waals surface area contributed by atoms with E-state index in [1.54, 1.807) is 6.07 Å². The van der Waals surface area contributed by atoms with Crippen molar-refractivity contribution in [1.82, 2.24) is 0 Å². The first-order chi connectivity index (χ1) is 7.05. The van der Waals surface area contributed by atoms with Crippen molar-refractivity contribution in [1.29, 1.82) is 0 Å². The van der Waals surface area contributed by atoms with E-state index in [1.165, 1.54) is 12.1 Å². The van der Waals surface area contributed by atoms with Gasteiger partial charge >= 0.3 is 0 Å². The van der Waals surface area contributed by atoms with Gasteiger partial charge in [-0.2, -0.15) is 0 Å². The lowest BCUT2D eigenvalue weighted by Gasteiger charge is -2.38. The first-order valence-electron chi connectivity index (χ1n) is 4.88. The molecule has 82 valence electrons. The van der Waals surface area contributed by atoms with Crippen LogP contribution in [0, 0.1) is 11.7 Å². The summed E-state index contributed by atoms with van der Waals surface area (Å²) in [5.74, 6) is -0.0211. The molecule has 2 rings (SSSR count). The summed E-state index contributed by atoms with van der Waals surface area (Å²) in [6.07, 6.45) is 0. The summed E-state index contributed by atoms with van der Waals surface area (Å²) < 4.78 is 18.3. The first-order valence-corrected chi connectivity index (χ1v) is 4.88. The second-order valence-corrected chi connectivity index (χ2v) is 4.11. The van der Waals surface area contributed by atoms with Gasteiger partial charge in [0.05, 0.1) is 18.8 Å². The van der Waals surface area contributed by atoms with E-state index in [4.69, 9.17) is 10.5 Å². The van der Waals surface area contributed by atoms with Crippen molar-refractivity contribution < 1.29 is 14.2 Å². The highest BCUT2D eigenvalue weighted by molar-refractivity contribution is 5.41. The van der Waals surface area contributed by atoms with Crippen LogP contribution in [0.15, 0.2) is 18.2 Å². The standard InChI is InChI=1S/C11H14FNO2/c1-11(13)7(5-14)6-15-10-4-8(12)2-3-9(10)11/h2-4,7,14H,5-6,13H2,1H3. The van der Waals surface area contributed by atoms with E-state index in [0.29, 0.717) is 12.4 Å². The zero-order valence-electron chi connectivity index (χ0n) is 8.53. The van der Waals surface area contributed by atoms with E-state index in [9.17, 15) is 9.50 Å². The number of ether oxygens (including phenoxy) is 1. The Hall–Kier alpha value is -1.13. The minimum absolute atomic E-state index is 0.0379. The monoisotopic (exact) mass is 211 g/mol. The predicted molar refractivity (Wildman–Crippen MR) is 54.0 cm³/mol. The molecular formula is C11H14FNO2. The van der Waals surface area contributed by atoms with Crippen LogP contribution in [0.25, 0.3) is 0 Å². The van der Waals surface area contributed by atoms with Crippen LogP contribution in [0.4, 0.5) is 4.39 Å². The summed E-state index contributed by atoms with van der Waals surface area (Å²) in [4.78, 5) is 0. The molecule has 4 heteroatoms. The summed E-state index contributed by atoms with van der Waals surface area (Å²) in [6, 6.07) is 4.30. The smallest absolute Gasteiger partial charge is 0.127 e. The molecule has 0 aliphatic carbocycles. The molecule has 1 aliphatic heterocycles. The average molecular weight is 211 g/mol. The van der Waals surface area contributed by atoms with Crippen molar-refractivity contribution >= 4 is 0 Å². The fourth-order valence-electron chi connectivity index (χ4n) is 1.89. The number of nitrogens with two attached hydrogens (primary N) is 1. The van der Waals surface area contributed by atoms with Gasteiger partial charge < -0.3 is 15.6 Å². The van der Waals surface area contributed by atoms with Crippen LogP contribution < -0.4 is 10.5 Å². The zero-order chi connectivity index (χ0) is 11.1. The Bertz CT molecular complexity index is 379. The molecule has 1 aromatic carbocycles. The Balaban J connectivity index is 2.47. The second-order valence-electron chi connectivity index (χ2n) is 4.11. The maximum atomic E-state index is 13.0. The predicted octanol–water partition coefficient (Wildman–Crippen LogP) is 1.00. The lowest BCUT2D eigenvalue weighted by atomic mass is 9.79. The number of rotatable bonds is 1. The molecule has 0 aromatic heterocycles. The van der Waals surface area contributed by atoms with Crippen LogP contribution in [0.5, 0.6) is 5.75 Å². The van der Waals surface area contributed by atoms with Gasteiger partial charge in [0.2, 0.25) is 0 Å². The molecule has 0 radical (unpaired) electrons. The van der Waals surface area contributed by atoms with Crippen molar-refractivity contribution in [2.45, 2.75) is 12.5 Å². The van der Waals surface area contributed by atoms with Crippen molar-refractivity contribution in [3.63, 3.8) is 0 Å². The minimum Gasteiger partial charge on any atom is -0.493 e. The Labute approximate surface area is 87.7 Å². The van der Waals surface area contributed by atoms with Gasteiger partial charge in [0.15, 0.2) is 0 Å². The highest BCUT2D eigenvalue weighted by atomic mass is 19.1. The highest BCUT2D eigenvalue weighted by Crippen LogP contribution is 2.38. The fourth-order valence-corrected chi connectivity index (χ4v) is 1.89. The van der Waals surface area contributed by atoms with Crippen LogP contribution in [-0.4, -0.2) is 18.3 Å². The molecule has 15 heavy (non-hydrogen) atoms. The Kier molecular flexibility index (Phi) is 2.40. The zero-order valence-corrected chi connectivity index (χ0v) is 8.53. The molecule has 0 saturated heterocycles. The van der Waals surface area contributed by atoms with Gasteiger partial charge in [0.25, 0.3) is 0 Å². The minimum atomic E-state index is -0.671. The normalized spacial score (nSPS) is 29.5. The first kappa shape index (κ1) is 10.4. The summed E-state index contributed by atoms with van der Waals surface area (Å²) in [6.45, 7) is 2.11. The number of aliphatic hydroxyl groups is 1. The van der Waals surface area contributed by atoms with E-state index in [-0.39, 0.29) is 18.3 Å². The third-order valence-corrected chi connectivity index (χ3v) is 3.03. The molecule has 3 nitrogen and oxygen atoms in total. The molecule has 0 spiro atoms. The van der Waals surface area contributed by atoms with Crippen LogP contribution in [-0.2, 0) is 5.54 Å². The van der Waals surface area contributed by atoms with Gasteiger partial charge in [-0.1, -0.05) is 6.07 Å². The number of benzene rings is 1. The van der Waals surface area contributed by atoms with Crippen LogP contribution in [0.3, 0.4) is 0 Å². The Morgan fingerprint density at radius 2 is 2.40 bits per heavy atom. The molecule has 0 fully saturated rings. The van der Waals surface area contributed by atoms with Crippen LogP contribution >= 0.6 is 0 Å². The molecule has 1 aliphatic rings. The lowest BCUT2D eigenvalue weighted by molar-refractivity contribution is 0.0831. The highest BCUT2D eigenvalue weighted by Gasteiger charge is 2.38. The van der Waals surface area contributed by atoms with Gasteiger partial charge in [-0.15, -0.1) is 0 Å². The van der Waals surface area contributed by atoms with E-state index in [0.717, 1.165) is 5.56 Å². The van der Waals surface area contributed by atoms with Gasteiger partial charge in [-0.05, 0) is 13.0 Å². The van der Waals surface area contributed by atoms with Crippen molar-refractivity contribution in [3.05, 3.63) is 29.6 Å². The van der Waals surface area contributed by atoms with E-state index in [2.05, 4.69) is 0 Å². The van der Waals surface area contributed by atoms with Crippen molar-refractivity contribution in [3.8, 4) is 5.75 Å². The average Bonchev–Trinajstić information content (AvgIpc) is 2.17. The van der Waals surface area contributed by atoms with Crippen LogP contribution in [0.2, 0.25) is 0 Å². The van der Waals surface area contributed by atoms with Gasteiger partial charge in [-0.3, -0.25) is 0 Å². The quantitative estimate of drug-likeness (QED) is 0.728. The van der Waals surface area contributed by atoms with Crippen LogP contribution in [0.1, 0.15) is 12.5 Å². The summed E-state index contributed by atoms with van der Waals surface area (Å²) in [7, 11) is 0. The molecule has 0 bridgehead atoms. The summed E-state index contributed by atoms with van der Waals surface area (Å²) >= 11 is 0. The maximum Gasteiger partial charge on any atom is 0.127 e. The molecule has 1 aromatic rings. The summed E-state index contributed by atoms with van der Waals surface area (Å²) in [5, 5.41) is 9.17. The van der Waals surface area contributed by atoms with Gasteiger partial charge in [-0.25, -0.2) is 4.39 Å². The number of fused-ring (bicyclic) bond motifs is 1.